The van der Waals surface area contributed by atoms with Crippen LogP contribution in [0.4, 0.5) is 17.1 Å². The van der Waals surface area contributed by atoms with E-state index in [1.165, 1.54) is 68.8 Å². The van der Waals surface area contributed by atoms with E-state index in [1.807, 2.05) is 6.92 Å². The van der Waals surface area contributed by atoms with E-state index in [0.717, 1.165) is 0 Å². The Kier molecular flexibility index (Phi) is 22.5. The molecule has 0 aromatic heterocycles. The molecule has 0 saturated carbocycles. The van der Waals surface area contributed by atoms with E-state index in [9.17, 15) is 38.7 Å². The van der Waals surface area contributed by atoms with Crippen LogP contribution in [0.2, 0.25) is 0 Å². The van der Waals surface area contributed by atoms with Gasteiger partial charge in [0.1, 0.15) is 29.3 Å². The zero-order chi connectivity index (χ0) is 51.8. The maximum absolute atomic E-state index is 14.1. The highest BCUT2D eigenvalue weighted by Crippen LogP contribution is 2.27. The van der Waals surface area contributed by atoms with Gasteiger partial charge in [0, 0.05) is 42.7 Å². The lowest BCUT2D eigenvalue weighted by Crippen LogP contribution is -2.44. The number of aliphatic carboxylic acids is 1. The summed E-state index contributed by atoms with van der Waals surface area (Å²) >= 11 is 0. The van der Waals surface area contributed by atoms with E-state index in [0.29, 0.717) is 25.8 Å². The van der Waals surface area contributed by atoms with Crippen LogP contribution in [-0.4, -0.2) is 123 Å². The first kappa shape index (κ1) is 55.5. The van der Waals surface area contributed by atoms with E-state index < -0.39 is 54.2 Å². The highest BCUT2D eigenvalue weighted by Gasteiger charge is 2.27. The van der Waals surface area contributed by atoms with Gasteiger partial charge in [0.25, 0.3) is 17.7 Å². The Morgan fingerprint density at radius 1 is 0.586 bits per heavy atom. The van der Waals surface area contributed by atoms with Gasteiger partial charge in [-0.25, -0.2) is 4.79 Å². The minimum atomic E-state index is -1.32. The van der Waals surface area contributed by atoms with Crippen LogP contribution >= 0.6 is 0 Å². The monoisotopic (exact) mass is 975 g/mol. The number of benzene rings is 3. The molecular weight excluding hydrogens is 915 g/mol. The predicted octanol–water partition coefficient (Wildman–Crippen LogP) is -0.511. The van der Waals surface area contributed by atoms with Crippen LogP contribution in [0, 0.1) is 0 Å². The summed E-state index contributed by atoms with van der Waals surface area (Å²) in [5, 5.41) is 25.2. The van der Waals surface area contributed by atoms with E-state index in [1.54, 1.807) is 0 Å². The Morgan fingerprint density at radius 2 is 0.971 bits per heavy atom. The molecule has 3 atom stereocenters. The van der Waals surface area contributed by atoms with Gasteiger partial charge in [-0.3, -0.25) is 43.7 Å². The molecule has 0 fully saturated rings. The Bertz CT molecular complexity index is 2420. The highest BCUT2D eigenvalue weighted by atomic mass is 16.5. The second-order valence-corrected chi connectivity index (χ2v) is 15.2. The number of aliphatic imine (C=N–C) groups is 3. The molecule has 70 heavy (non-hydrogen) atoms. The fraction of sp³-hybridized carbons (Fsp3) is 0.364. The van der Waals surface area contributed by atoms with Gasteiger partial charge in [-0.15, -0.1) is 0 Å². The number of guanidine groups is 3. The first-order chi connectivity index (χ1) is 33.3. The van der Waals surface area contributed by atoms with Crippen LogP contribution in [0.3, 0.4) is 0 Å². The van der Waals surface area contributed by atoms with E-state index in [4.69, 9.17) is 48.6 Å². The third-order valence-corrected chi connectivity index (χ3v) is 9.83. The molecule has 0 saturated heterocycles. The fourth-order valence-electron chi connectivity index (χ4n) is 6.51. The molecule has 0 aliphatic carbocycles. The number of hydrogen-bond acceptors (Lipinski definition) is 13. The summed E-state index contributed by atoms with van der Waals surface area (Å²) in [6, 6.07) is 9.68. The van der Waals surface area contributed by atoms with Gasteiger partial charge in [-0.05, 0) is 100 Å². The van der Waals surface area contributed by atoms with Crippen molar-refractivity contribution in [1.82, 2.24) is 16.0 Å². The average molecular weight is 976 g/mol. The molecule has 6 amide bonds. The Balaban J connectivity index is 1.90. The summed E-state index contributed by atoms with van der Waals surface area (Å²) in [7, 11) is 2.70. The minimum Gasteiger partial charge on any atom is -0.496 e. The topological polar surface area (TPSA) is 433 Å². The molecule has 0 heterocycles. The lowest BCUT2D eigenvalue weighted by molar-refractivity contribution is -0.139. The van der Waals surface area contributed by atoms with Crippen molar-refractivity contribution >= 4 is 76.9 Å². The molecule has 3 aromatic rings. The van der Waals surface area contributed by atoms with Gasteiger partial charge in [0.2, 0.25) is 18.2 Å². The number of nitrogens with two attached hydrogens (primary N) is 6. The molecule has 3 aromatic carbocycles. The number of nitrogens with zero attached hydrogens (tertiary/aromatic N) is 3. The van der Waals surface area contributed by atoms with Crippen molar-refractivity contribution in [2.75, 3.05) is 56.4 Å². The zero-order valence-electron chi connectivity index (χ0n) is 38.9. The Morgan fingerprint density at radius 3 is 1.39 bits per heavy atom. The van der Waals surface area contributed by atoms with Crippen molar-refractivity contribution in [2.24, 2.45) is 49.4 Å². The molecule has 26 nitrogen and oxygen atoms in total. The predicted molar refractivity (Wildman–Crippen MR) is 262 cm³/mol. The highest BCUT2D eigenvalue weighted by molar-refractivity contribution is 6.06. The smallest absolute Gasteiger partial charge is 0.341 e. The third-order valence-electron chi connectivity index (χ3n) is 9.83. The Hall–Kier alpha value is -8.84. The number of hydrogen-bond donors (Lipinski definition) is 13. The molecule has 378 valence electrons. The Labute approximate surface area is 402 Å². The molecule has 0 bridgehead atoms. The number of ether oxygens (including phenoxy) is 3. The number of methoxy groups -OCH3 is 2. The number of carboxylic acid groups (broad SMARTS) is 1. The van der Waals surface area contributed by atoms with E-state index in [2.05, 4.69) is 46.9 Å². The summed E-state index contributed by atoms with van der Waals surface area (Å²) in [5.41, 5.74) is 33.0. The summed E-state index contributed by atoms with van der Waals surface area (Å²) in [5.74, 6) is -5.15. The van der Waals surface area contributed by atoms with Crippen molar-refractivity contribution in [3.8, 4) is 17.2 Å². The molecule has 1 unspecified atom stereocenters. The zero-order valence-corrected chi connectivity index (χ0v) is 38.9. The number of carboxylic acids is 1. The second kappa shape index (κ2) is 28.4. The number of carbonyl (C=O) groups excluding carboxylic acids is 6. The first-order valence-corrected chi connectivity index (χ1v) is 21.6. The van der Waals surface area contributed by atoms with Crippen molar-refractivity contribution < 1.29 is 52.9 Å². The van der Waals surface area contributed by atoms with Crippen LogP contribution in [0.25, 0.3) is 0 Å². The molecule has 0 spiro atoms. The SMILES string of the molecule is COc1ccc(NC(=O)[C@H](CCCN=C(N)N)NC(=O)c2cc(NC=O)ccc2OCC(=O)O)cc1C(=O)NC(CCCN=C(N)N)C(=O)Nc1ccc(OC)c(C(=O)N[C@H](C)CCCN=C(N)N)c1. The number of amides is 6. The first-order valence-electron chi connectivity index (χ1n) is 21.6. The summed E-state index contributed by atoms with van der Waals surface area (Å²) in [6.07, 6.45) is 1.99. The molecule has 0 aliphatic heterocycles. The lowest BCUT2D eigenvalue weighted by Gasteiger charge is -2.21. The quantitative estimate of drug-likeness (QED) is 0.0180. The van der Waals surface area contributed by atoms with Crippen molar-refractivity contribution in [2.45, 2.75) is 63.6 Å². The maximum Gasteiger partial charge on any atom is 0.341 e. The summed E-state index contributed by atoms with van der Waals surface area (Å²) in [6.45, 7) is 1.60. The van der Waals surface area contributed by atoms with Crippen molar-refractivity contribution in [1.29, 1.82) is 0 Å². The molecular formula is C44H61N15O11. The lowest BCUT2D eigenvalue weighted by atomic mass is 10.1. The number of anilines is 3. The van der Waals surface area contributed by atoms with Gasteiger partial charge in [-0.2, -0.15) is 0 Å². The van der Waals surface area contributed by atoms with Gasteiger partial charge < -0.3 is 85.6 Å². The average Bonchev–Trinajstić information content (AvgIpc) is 3.31. The third kappa shape index (κ3) is 18.8. The van der Waals surface area contributed by atoms with Gasteiger partial charge >= 0.3 is 5.97 Å². The van der Waals surface area contributed by atoms with Gasteiger partial charge in [0.15, 0.2) is 24.5 Å². The van der Waals surface area contributed by atoms with Crippen LogP contribution in [0.1, 0.15) is 76.5 Å². The van der Waals surface area contributed by atoms with Crippen LogP contribution < -0.4 is 80.5 Å². The van der Waals surface area contributed by atoms with Gasteiger partial charge in [0.05, 0.1) is 30.9 Å². The normalized spacial score (nSPS) is 11.7. The number of rotatable bonds is 29. The molecule has 0 radical (unpaired) electrons. The molecule has 26 heteroatoms. The standard InChI is InChI=1S/C44H61N15O11/c1-24(7-4-16-51-42(45)46)55-37(63)28-20-26(11-13-33(28)68-2)56-40(66)31(8-5-17-52-43(47)48)58-38(64)29-21-27(12-14-34(29)69-3)57-41(67)32(9-6-18-53-44(49)50)59-39(65)30-19-25(54-23-60)10-15-35(30)70-22-36(61)62/h10-15,19-21,23-24,31-32H,4-9,16-18,22H2,1-3H3,(H,54,60)(H,55,63)(H,56,66)(H,57,67)(H,58,64)(H,59,65)(H,61,62)(H4,45,46,51)(H4,47,48,52)(H4,49,50,53)/t24-,31?,32+/m1/s1. The summed E-state index contributed by atoms with van der Waals surface area (Å²) in [4.78, 5) is 103. The van der Waals surface area contributed by atoms with E-state index >= 15 is 0 Å². The second-order valence-electron chi connectivity index (χ2n) is 15.2. The van der Waals surface area contributed by atoms with Crippen molar-refractivity contribution in [3.63, 3.8) is 0 Å². The number of nitrogens with one attached hydrogen (secondary N) is 6. The molecule has 0 aliphatic rings. The summed E-state index contributed by atoms with van der Waals surface area (Å²) < 4.78 is 16.2. The van der Waals surface area contributed by atoms with Crippen LogP contribution in [0.15, 0.2) is 69.6 Å². The van der Waals surface area contributed by atoms with Crippen LogP contribution in [0.5, 0.6) is 17.2 Å². The fourth-order valence-corrected chi connectivity index (χ4v) is 6.51. The van der Waals surface area contributed by atoms with Crippen LogP contribution in [-0.2, 0) is 19.2 Å². The van der Waals surface area contributed by atoms with Crippen molar-refractivity contribution in [3.05, 3.63) is 71.3 Å². The maximum atomic E-state index is 14.1. The molecule has 19 N–H and O–H groups in total. The largest absolute Gasteiger partial charge is 0.496 e. The van der Waals surface area contributed by atoms with E-state index in [-0.39, 0.29) is 114 Å². The van der Waals surface area contributed by atoms with Gasteiger partial charge in [-0.1, -0.05) is 0 Å². The number of carbonyl (C=O) groups is 7. The molecule has 3 rings (SSSR count). The minimum absolute atomic E-state index is 0.0205.